The summed E-state index contributed by atoms with van der Waals surface area (Å²) in [7, 11) is 1.62. The van der Waals surface area contributed by atoms with Gasteiger partial charge in [0.15, 0.2) is 0 Å². The van der Waals surface area contributed by atoms with E-state index in [2.05, 4.69) is 10.6 Å². The second-order valence-corrected chi connectivity index (χ2v) is 9.43. The number of benzene rings is 2. The zero-order valence-corrected chi connectivity index (χ0v) is 21.4. The molecule has 0 fully saturated rings. The molecular weight excluding hydrogens is 442 g/mol. The molecule has 186 valence electrons. The van der Waals surface area contributed by atoms with Crippen molar-refractivity contribution in [2.45, 2.75) is 46.6 Å². The molecule has 0 atom stereocenters. The molecule has 0 radical (unpaired) electrons. The number of amides is 3. The fourth-order valence-corrected chi connectivity index (χ4v) is 3.77. The summed E-state index contributed by atoms with van der Waals surface area (Å²) in [5, 5.41) is 10.7. The van der Waals surface area contributed by atoms with Gasteiger partial charge >= 0.3 is 6.03 Å². The van der Waals surface area contributed by atoms with E-state index in [1.807, 2.05) is 89.2 Å². The lowest BCUT2D eigenvalue weighted by Gasteiger charge is -2.28. The summed E-state index contributed by atoms with van der Waals surface area (Å²) >= 11 is 0. The van der Waals surface area contributed by atoms with Crippen LogP contribution in [0.1, 0.15) is 39.8 Å². The first-order valence-electron chi connectivity index (χ1n) is 11.8. The van der Waals surface area contributed by atoms with Gasteiger partial charge in [-0.25, -0.2) is 9.48 Å². The van der Waals surface area contributed by atoms with E-state index in [4.69, 9.17) is 9.84 Å². The van der Waals surface area contributed by atoms with Crippen LogP contribution in [0, 0.1) is 6.92 Å². The maximum Gasteiger partial charge on any atom is 0.318 e. The van der Waals surface area contributed by atoms with Crippen LogP contribution in [0.4, 0.5) is 10.6 Å². The molecule has 0 aliphatic carbocycles. The molecule has 0 aliphatic rings. The van der Waals surface area contributed by atoms with Gasteiger partial charge in [0.2, 0.25) is 5.91 Å². The summed E-state index contributed by atoms with van der Waals surface area (Å²) in [6, 6.07) is 17.0. The summed E-state index contributed by atoms with van der Waals surface area (Å²) in [4.78, 5) is 27.6. The number of aryl methyl sites for hydroxylation is 1. The molecule has 8 heteroatoms. The minimum absolute atomic E-state index is 0.0726. The Bertz CT molecular complexity index is 1150. The Labute approximate surface area is 207 Å². The highest BCUT2D eigenvalue weighted by Crippen LogP contribution is 2.33. The van der Waals surface area contributed by atoms with Crippen LogP contribution < -0.4 is 15.4 Å². The van der Waals surface area contributed by atoms with Crippen LogP contribution in [0.2, 0.25) is 0 Å². The Kier molecular flexibility index (Phi) is 8.17. The SMILES string of the molecule is CCCN(CC(=O)Nc1c(-c2ccccc2)c(C)nn1-c1ccc(OC)cc1)C(=O)NC(C)(C)C. The van der Waals surface area contributed by atoms with Crippen molar-refractivity contribution in [2.75, 3.05) is 25.5 Å². The molecule has 0 saturated heterocycles. The maximum absolute atomic E-state index is 13.3. The number of methoxy groups -OCH3 is 1. The van der Waals surface area contributed by atoms with Gasteiger partial charge in [0, 0.05) is 17.6 Å². The van der Waals surface area contributed by atoms with Crippen molar-refractivity contribution in [3.63, 3.8) is 0 Å². The number of nitrogens with zero attached hydrogens (tertiary/aromatic N) is 3. The highest BCUT2D eigenvalue weighted by Gasteiger charge is 2.24. The largest absolute Gasteiger partial charge is 0.497 e. The molecule has 3 aromatic rings. The molecule has 2 N–H and O–H groups in total. The van der Waals surface area contributed by atoms with Gasteiger partial charge in [0.25, 0.3) is 0 Å². The molecule has 3 rings (SSSR count). The van der Waals surface area contributed by atoms with Gasteiger partial charge < -0.3 is 20.3 Å². The molecule has 8 nitrogen and oxygen atoms in total. The Hall–Kier alpha value is -3.81. The molecule has 0 aliphatic heterocycles. The molecule has 35 heavy (non-hydrogen) atoms. The van der Waals surface area contributed by atoms with Crippen LogP contribution >= 0.6 is 0 Å². The van der Waals surface area contributed by atoms with Gasteiger partial charge in [-0.3, -0.25) is 4.79 Å². The summed E-state index contributed by atoms with van der Waals surface area (Å²) in [6.07, 6.45) is 0.739. The fourth-order valence-electron chi connectivity index (χ4n) is 3.77. The Balaban J connectivity index is 1.96. The highest BCUT2D eigenvalue weighted by atomic mass is 16.5. The van der Waals surface area contributed by atoms with Crippen molar-refractivity contribution in [1.82, 2.24) is 20.0 Å². The van der Waals surface area contributed by atoms with Crippen molar-refractivity contribution in [3.05, 3.63) is 60.3 Å². The summed E-state index contributed by atoms with van der Waals surface area (Å²) < 4.78 is 7.00. The zero-order valence-electron chi connectivity index (χ0n) is 21.4. The highest BCUT2D eigenvalue weighted by molar-refractivity contribution is 5.97. The van der Waals surface area contributed by atoms with E-state index in [-0.39, 0.29) is 18.5 Å². The van der Waals surface area contributed by atoms with E-state index in [9.17, 15) is 9.59 Å². The van der Waals surface area contributed by atoms with Crippen LogP contribution in [0.15, 0.2) is 54.6 Å². The number of anilines is 1. The third kappa shape index (κ3) is 6.62. The van der Waals surface area contributed by atoms with Crippen molar-refractivity contribution in [2.24, 2.45) is 0 Å². The average Bonchev–Trinajstić information content (AvgIpc) is 3.13. The molecule has 1 heterocycles. The lowest BCUT2D eigenvalue weighted by Crippen LogP contribution is -2.50. The van der Waals surface area contributed by atoms with Crippen molar-refractivity contribution >= 4 is 17.8 Å². The smallest absolute Gasteiger partial charge is 0.318 e. The van der Waals surface area contributed by atoms with E-state index in [0.29, 0.717) is 12.4 Å². The number of aromatic nitrogens is 2. The minimum atomic E-state index is -0.399. The second kappa shape index (κ2) is 11.1. The summed E-state index contributed by atoms with van der Waals surface area (Å²) in [5.41, 5.74) is 2.93. The number of nitrogens with one attached hydrogen (secondary N) is 2. The van der Waals surface area contributed by atoms with Crippen LogP contribution in [-0.4, -0.2) is 52.4 Å². The van der Waals surface area contributed by atoms with E-state index in [1.54, 1.807) is 11.8 Å². The predicted octanol–water partition coefficient (Wildman–Crippen LogP) is 5.01. The standard InChI is InChI=1S/C27H35N5O3/c1-7-17-31(26(34)29-27(3,4)5)18-23(33)28-25-24(20-11-9-8-10-12-20)19(2)30-32(25)21-13-15-22(35-6)16-14-21/h8-16H,7,17-18H2,1-6H3,(H,28,33)(H,29,34). The van der Waals surface area contributed by atoms with Gasteiger partial charge in [-0.15, -0.1) is 0 Å². The van der Waals surface area contributed by atoms with Gasteiger partial charge in [0.1, 0.15) is 18.1 Å². The number of rotatable bonds is 8. The van der Waals surface area contributed by atoms with E-state index >= 15 is 0 Å². The van der Waals surface area contributed by atoms with Crippen molar-refractivity contribution in [1.29, 1.82) is 0 Å². The monoisotopic (exact) mass is 477 g/mol. The topological polar surface area (TPSA) is 88.5 Å². The molecule has 2 aromatic carbocycles. The molecule has 1 aromatic heterocycles. The number of urea groups is 1. The fraction of sp³-hybridized carbons (Fsp3) is 0.370. The molecule has 0 saturated carbocycles. The first-order valence-corrected chi connectivity index (χ1v) is 11.8. The first-order chi connectivity index (χ1) is 16.6. The quantitative estimate of drug-likeness (QED) is 0.477. The summed E-state index contributed by atoms with van der Waals surface area (Å²) in [6.45, 7) is 10.0. The van der Waals surface area contributed by atoms with Crippen molar-refractivity contribution < 1.29 is 14.3 Å². The van der Waals surface area contributed by atoms with E-state index < -0.39 is 5.54 Å². The number of hydrogen-bond donors (Lipinski definition) is 2. The molecule has 0 bridgehead atoms. The third-order valence-corrected chi connectivity index (χ3v) is 5.29. The van der Waals surface area contributed by atoms with Gasteiger partial charge in [-0.1, -0.05) is 37.3 Å². The zero-order chi connectivity index (χ0) is 25.6. The summed E-state index contributed by atoms with van der Waals surface area (Å²) in [5.74, 6) is 0.984. The number of carbonyl (C=O) groups excluding carboxylic acids is 2. The Morgan fingerprint density at radius 2 is 1.71 bits per heavy atom. The Morgan fingerprint density at radius 1 is 1.06 bits per heavy atom. The maximum atomic E-state index is 13.3. The molecular formula is C27H35N5O3. The normalized spacial score (nSPS) is 11.1. The second-order valence-electron chi connectivity index (χ2n) is 9.43. The van der Waals surface area contributed by atoms with Gasteiger partial charge in [0.05, 0.1) is 18.5 Å². The lowest BCUT2D eigenvalue weighted by molar-refractivity contribution is -0.116. The third-order valence-electron chi connectivity index (χ3n) is 5.29. The average molecular weight is 478 g/mol. The van der Waals surface area contributed by atoms with Crippen LogP contribution in [0.3, 0.4) is 0 Å². The molecule has 3 amide bonds. The van der Waals surface area contributed by atoms with E-state index in [1.165, 1.54) is 4.90 Å². The minimum Gasteiger partial charge on any atom is -0.497 e. The first kappa shape index (κ1) is 25.8. The van der Waals surface area contributed by atoms with Gasteiger partial charge in [-0.2, -0.15) is 5.10 Å². The predicted molar refractivity (Wildman–Crippen MR) is 139 cm³/mol. The van der Waals surface area contributed by atoms with Crippen molar-refractivity contribution in [3.8, 4) is 22.6 Å². The Morgan fingerprint density at radius 3 is 2.29 bits per heavy atom. The number of ether oxygens (including phenoxy) is 1. The number of carbonyl (C=O) groups is 2. The number of hydrogen-bond acceptors (Lipinski definition) is 4. The lowest BCUT2D eigenvalue weighted by atomic mass is 10.1. The molecule has 0 spiro atoms. The van der Waals surface area contributed by atoms with Crippen LogP contribution in [0.25, 0.3) is 16.8 Å². The van der Waals surface area contributed by atoms with Gasteiger partial charge in [-0.05, 0) is 63.9 Å². The molecule has 0 unspecified atom stereocenters. The van der Waals surface area contributed by atoms with Crippen LogP contribution in [0.5, 0.6) is 5.75 Å². The van der Waals surface area contributed by atoms with Crippen LogP contribution in [-0.2, 0) is 4.79 Å². The van der Waals surface area contributed by atoms with E-state index in [0.717, 1.165) is 34.7 Å².